The molecule has 0 amide bonds. The van der Waals surface area contributed by atoms with Crippen LogP contribution in [0.4, 0.5) is 5.69 Å². The highest BCUT2D eigenvalue weighted by molar-refractivity contribution is 6.00. The van der Waals surface area contributed by atoms with Crippen LogP contribution in [0.1, 0.15) is 24.0 Å². The van der Waals surface area contributed by atoms with Gasteiger partial charge in [-0.15, -0.1) is 0 Å². The maximum absolute atomic E-state index is 12.5. The quantitative estimate of drug-likeness (QED) is 0.385. The van der Waals surface area contributed by atoms with Gasteiger partial charge in [-0.1, -0.05) is 54.0 Å². The van der Waals surface area contributed by atoms with Crippen LogP contribution in [0, 0.1) is 29.1 Å². The number of ether oxygens (including phenoxy) is 2. The fraction of sp³-hybridized carbons (Fsp3) is 0.217. The molecule has 2 aromatic carbocycles. The summed E-state index contributed by atoms with van der Waals surface area (Å²) in [6.45, 7) is 0. The van der Waals surface area contributed by atoms with E-state index in [9.17, 15) is 9.59 Å². The molecule has 0 saturated heterocycles. The van der Waals surface area contributed by atoms with Crippen LogP contribution in [0.5, 0.6) is 0 Å². The first kappa shape index (κ1) is 20.6. The molecule has 0 aliphatic heterocycles. The molecule has 0 aliphatic rings. The number of carbonyl (C=O) groups excluding carboxylic acids is 2. The van der Waals surface area contributed by atoms with Gasteiger partial charge >= 0.3 is 11.9 Å². The van der Waals surface area contributed by atoms with E-state index < -0.39 is 17.4 Å². The first-order valence-corrected chi connectivity index (χ1v) is 8.57. The first-order valence-electron chi connectivity index (χ1n) is 8.57. The Bertz CT molecular complexity index is 943. The SMILES string of the molecule is COC(=O)C(CC#Cc1ccccc1)(CC#Cc1ccccc1N)C(=O)OC. The molecule has 0 aromatic heterocycles. The third-order valence-corrected chi connectivity index (χ3v) is 4.12. The number of nitrogen functional groups attached to an aromatic ring is 1. The van der Waals surface area contributed by atoms with Crippen molar-refractivity contribution in [1.82, 2.24) is 0 Å². The molecule has 0 radical (unpaired) electrons. The lowest BCUT2D eigenvalue weighted by Crippen LogP contribution is -2.40. The monoisotopic (exact) mass is 375 g/mol. The van der Waals surface area contributed by atoms with Crippen molar-refractivity contribution < 1.29 is 19.1 Å². The molecule has 0 unspecified atom stereocenters. The van der Waals surface area contributed by atoms with Gasteiger partial charge in [0.2, 0.25) is 0 Å². The number of benzene rings is 2. The van der Waals surface area contributed by atoms with Crippen molar-refractivity contribution in [3.8, 4) is 23.7 Å². The van der Waals surface area contributed by atoms with Crippen LogP contribution in [0.25, 0.3) is 0 Å². The summed E-state index contributed by atoms with van der Waals surface area (Å²) in [5.74, 6) is 10.1. The van der Waals surface area contributed by atoms with Gasteiger partial charge in [0.15, 0.2) is 5.41 Å². The van der Waals surface area contributed by atoms with Crippen molar-refractivity contribution in [2.24, 2.45) is 5.41 Å². The lowest BCUT2D eigenvalue weighted by molar-refractivity contribution is -0.168. The summed E-state index contributed by atoms with van der Waals surface area (Å²) in [6, 6.07) is 16.3. The van der Waals surface area contributed by atoms with Gasteiger partial charge in [0.05, 0.1) is 14.2 Å². The van der Waals surface area contributed by atoms with Crippen LogP contribution in [-0.2, 0) is 19.1 Å². The highest BCUT2D eigenvalue weighted by Gasteiger charge is 2.47. The minimum atomic E-state index is -1.64. The molecule has 142 valence electrons. The summed E-state index contributed by atoms with van der Waals surface area (Å²) >= 11 is 0. The van der Waals surface area contributed by atoms with Crippen LogP contribution in [0.2, 0.25) is 0 Å². The van der Waals surface area contributed by atoms with Gasteiger partial charge in [-0.2, -0.15) is 0 Å². The van der Waals surface area contributed by atoms with Gasteiger partial charge in [-0.3, -0.25) is 9.59 Å². The molecule has 2 N–H and O–H groups in total. The molecule has 5 nitrogen and oxygen atoms in total. The summed E-state index contributed by atoms with van der Waals surface area (Å²) in [6.07, 6.45) is -0.190. The Kier molecular flexibility index (Phi) is 7.25. The number of nitrogens with two attached hydrogens (primary N) is 1. The predicted octanol–water partition coefficient (Wildman–Crippen LogP) is 2.78. The second-order valence-corrected chi connectivity index (χ2v) is 5.98. The zero-order valence-electron chi connectivity index (χ0n) is 15.8. The van der Waals surface area contributed by atoms with Crippen molar-refractivity contribution in [2.45, 2.75) is 12.8 Å². The van der Waals surface area contributed by atoms with Crippen molar-refractivity contribution in [2.75, 3.05) is 20.0 Å². The van der Waals surface area contributed by atoms with Gasteiger partial charge in [0, 0.05) is 29.7 Å². The number of carbonyl (C=O) groups is 2. The average molecular weight is 375 g/mol. The number of hydrogen-bond donors (Lipinski definition) is 1. The predicted molar refractivity (Wildman–Crippen MR) is 107 cm³/mol. The van der Waals surface area contributed by atoms with Gasteiger partial charge in [-0.05, 0) is 24.3 Å². The summed E-state index contributed by atoms with van der Waals surface area (Å²) in [5, 5.41) is 0. The number of methoxy groups -OCH3 is 2. The summed E-state index contributed by atoms with van der Waals surface area (Å²) in [7, 11) is 2.43. The van der Waals surface area contributed by atoms with Gasteiger partial charge in [-0.25, -0.2) is 0 Å². The molecular formula is C23H21NO4. The van der Waals surface area contributed by atoms with Gasteiger partial charge in [0.1, 0.15) is 0 Å². The molecule has 0 atom stereocenters. The van der Waals surface area contributed by atoms with E-state index in [-0.39, 0.29) is 12.8 Å². The Morgan fingerprint density at radius 2 is 1.39 bits per heavy atom. The molecule has 0 saturated carbocycles. The molecule has 28 heavy (non-hydrogen) atoms. The van der Waals surface area contributed by atoms with Crippen LogP contribution < -0.4 is 5.73 Å². The Hall–Kier alpha value is -3.70. The topological polar surface area (TPSA) is 78.6 Å². The lowest BCUT2D eigenvalue weighted by atomic mass is 9.81. The average Bonchev–Trinajstić information content (AvgIpc) is 2.73. The fourth-order valence-corrected chi connectivity index (χ4v) is 2.55. The van der Waals surface area contributed by atoms with E-state index in [2.05, 4.69) is 23.7 Å². The van der Waals surface area contributed by atoms with E-state index in [1.807, 2.05) is 30.3 Å². The lowest BCUT2D eigenvalue weighted by Gasteiger charge is -2.24. The third kappa shape index (κ3) is 4.93. The maximum atomic E-state index is 12.5. The first-order chi connectivity index (χ1) is 13.5. The summed E-state index contributed by atoms with van der Waals surface area (Å²) < 4.78 is 9.74. The van der Waals surface area contributed by atoms with E-state index in [4.69, 9.17) is 15.2 Å². The number of rotatable bonds is 4. The van der Waals surface area contributed by atoms with Crippen LogP contribution in [0.15, 0.2) is 54.6 Å². The van der Waals surface area contributed by atoms with Crippen LogP contribution in [-0.4, -0.2) is 26.2 Å². The molecule has 0 spiro atoms. The minimum absolute atomic E-state index is 0.0831. The van der Waals surface area contributed by atoms with Crippen LogP contribution in [0.3, 0.4) is 0 Å². The normalized spacial score (nSPS) is 9.93. The fourth-order valence-electron chi connectivity index (χ4n) is 2.55. The molecule has 0 aliphatic carbocycles. The van der Waals surface area contributed by atoms with Crippen molar-refractivity contribution in [3.05, 3.63) is 65.7 Å². The molecule has 0 heterocycles. The van der Waals surface area contributed by atoms with Crippen molar-refractivity contribution >= 4 is 17.6 Å². The van der Waals surface area contributed by atoms with E-state index in [0.29, 0.717) is 11.3 Å². The largest absolute Gasteiger partial charge is 0.468 e. The van der Waals surface area contributed by atoms with E-state index in [1.54, 1.807) is 24.3 Å². The van der Waals surface area contributed by atoms with E-state index >= 15 is 0 Å². The molecule has 0 bridgehead atoms. The second-order valence-electron chi connectivity index (χ2n) is 5.98. The number of anilines is 1. The van der Waals surface area contributed by atoms with Gasteiger partial charge in [0.25, 0.3) is 0 Å². The number of para-hydroxylation sites is 1. The van der Waals surface area contributed by atoms with Crippen LogP contribution >= 0.6 is 0 Å². The second kappa shape index (κ2) is 9.85. The minimum Gasteiger partial charge on any atom is -0.468 e. The van der Waals surface area contributed by atoms with Crippen molar-refractivity contribution in [3.63, 3.8) is 0 Å². The Morgan fingerprint density at radius 1 is 0.857 bits per heavy atom. The van der Waals surface area contributed by atoms with Crippen molar-refractivity contribution in [1.29, 1.82) is 0 Å². The zero-order valence-corrected chi connectivity index (χ0v) is 15.8. The standard InChI is InChI=1S/C23H21NO4/c1-27-21(25)23(22(26)28-2,16-8-12-18-10-4-3-5-11-18)17-9-14-19-13-6-7-15-20(19)24/h3-7,10-11,13,15H,16-17,24H2,1-2H3. The smallest absolute Gasteiger partial charge is 0.325 e. The Morgan fingerprint density at radius 3 is 1.96 bits per heavy atom. The summed E-state index contributed by atoms with van der Waals surface area (Å²) in [5.41, 5.74) is 6.14. The Balaban J connectivity index is 2.35. The van der Waals surface area contributed by atoms with Gasteiger partial charge < -0.3 is 15.2 Å². The van der Waals surface area contributed by atoms with E-state index in [0.717, 1.165) is 5.56 Å². The molecule has 5 heteroatoms. The highest BCUT2D eigenvalue weighted by Crippen LogP contribution is 2.30. The third-order valence-electron chi connectivity index (χ3n) is 4.12. The van der Waals surface area contributed by atoms with E-state index in [1.165, 1.54) is 14.2 Å². The molecular weight excluding hydrogens is 354 g/mol. The molecule has 2 rings (SSSR count). The Labute approximate surface area is 164 Å². The maximum Gasteiger partial charge on any atom is 0.325 e. The summed E-state index contributed by atoms with van der Waals surface area (Å²) in [4.78, 5) is 25.0. The molecule has 0 fully saturated rings. The number of hydrogen-bond acceptors (Lipinski definition) is 5. The zero-order chi connectivity index (χ0) is 20.4. The molecule has 2 aromatic rings. The highest BCUT2D eigenvalue weighted by atomic mass is 16.5. The number of esters is 2.